The van der Waals surface area contributed by atoms with E-state index < -0.39 is 23.4 Å². The topological polar surface area (TPSA) is 177 Å². The van der Waals surface area contributed by atoms with Crippen molar-refractivity contribution in [1.82, 2.24) is 0 Å². The molecule has 0 unspecified atom stereocenters. The number of hydrogen-bond donors (Lipinski definition) is 4. The van der Waals surface area contributed by atoms with Crippen LogP contribution in [0.25, 0.3) is 0 Å². The predicted octanol–water partition coefficient (Wildman–Crippen LogP) is 5.39. The second kappa shape index (κ2) is 13.9. The third-order valence-corrected chi connectivity index (χ3v) is 6.65. The first kappa shape index (κ1) is 32.7. The van der Waals surface area contributed by atoms with Gasteiger partial charge in [-0.15, -0.1) is 0 Å². The highest BCUT2D eigenvalue weighted by atomic mass is 16.5. The van der Waals surface area contributed by atoms with E-state index >= 15 is 0 Å². The van der Waals surface area contributed by atoms with Crippen LogP contribution in [0, 0.1) is 20.8 Å². The van der Waals surface area contributed by atoms with Gasteiger partial charge in [-0.2, -0.15) is 0 Å². The Bertz CT molecular complexity index is 1740. The van der Waals surface area contributed by atoms with Gasteiger partial charge >= 0.3 is 11.9 Å². The van der Waals surface area contributed by atoms with Crippen LogP contribution in [0.2, 0.25) is 0 Å². The minimum Gasteiger partial charge on any atom is -0.507 e. The molecule has 0 saturated heterocycles. The number of carboxylic acid groups (broad SMARTS) is 1. The molecule has 0 spiro atoms. The summed E-state index contributed by atoms with van der Waals surface area (Å²) in [5.74, 6) is -3.13. The fourth-order valence-electron chi connectivity index (χ4n) is 4.29. The first-order valence-corrected chi connectivity index (χ1v) is 13.0. The SMILES string of the molecule is COc1cc(C)c(C(=O)Oc2cc(C)c(O)c(C(=O)O)c2C)c(O)c1C=O.COc1ccc(C(=O)c2ccccc2)c(O)c1. The van der Waals surface area contributed by atoms with E-state index in [0.29, 0.717) is 23.2 Å². The van der Waals surface area contributed by atoms with Gasteiger partial charge in [-0.3, -0.25) is 9.59 Å². The molecular weight excluding hydrogens is 572 g/mol. The molecule has 0 heterocycles. The van der Waals surface area contributed by atoms with Gasteiger partial charge in [0.25, 0.3) is 0 Å². The molecule has 0 bridgehead atoms. The zero-order chi connectivity index (χ0) is 32.7. The van der Waals surface area contributed by atoms with Crippen LogP contribution in [-0.2, 0) is 0 Å². The van der Waals surface area contributed by atoms with Crippen molar-refractivity contribution < 1.29 is 53.8 Å². The number of hydrogen-bond acceptors (Lipinski definition) is 10. The molecule has 4 aromatic carbocycles. The van der Waals surface area contributed by atoms with Gasteiger partial charge in [-0.1, -0.05) is 30.3 Å². The lowest BCUT2D eigenvalue weighted by Gasteiger charge is -2.16. The number of ether oxygens (including phenoxy) is 3. The maximum absolute atomic E-state index is 12.6. The molecule has 4 rings (SSSR count). The standard InChI is InChI=1S/C19H18O8.C14H12O3/c1-8-5-13(26-4)11(7-20)17(22)14(8)19(25)27-12-6-9(2)16(21)15(10(12)3)18(23)24;1-17-11-7-8-12(13(15)9-11)14(16)10-5-3-2-4-6-10/h5-7,21-22H,1-4H3,(H,23,24);2-9,15H,1H3. The number of ketones is 1. The fourth-order valence-corrected chi connectivity index (χ4v) is 4.29. The summed E-state index contributed by atoms with van der Waals surface area (Å²) in [6.45, 7) is 4.35. The number of aromatic hydroxyl groups is 3. The third-order valence-electron chi connectivity index (χ3n) is 6.65. The maximum Gasteiger partial charge on any atom is 0.347 e. The number of carboxylic acids is 1. The van der Waals surface area contributed by atoms with E-state index in [2.05, 4.69) is 0 Å². The van der Waals surface area contributed by atoms with Crippen molar-refractivity contribution in [1.29, 1.82) is 0 Å². The first-order chi connectivity index (χ1) is 20.9. The molecule has 4 aromatic rings. The summed E-state index contributed by atoms with van der Waals surface area (Å²) in [6.07, 6.45) is 0.350. The summed E-state index contributed by atoms with van der Waals surface area (Å²) < 4.78 is 15.2. The summed E-state index contributed by atoms with van der Waals surface area (Å²) in [7, 11) is 2.82. The van der Waals surface area contributed by atoms with Crippen molar-refractivity contribution in [3.05, 3.63) is 105 Å². The molecule has 0 radical (unpaired) electrons. The van der Waals surface area contributed by atoms with Gasteiger partial charge in [0.2, 0.25) is 0 Å². The van der Waals surface area contributed by atoms with E-state index in [1.54, 1.807) is 36.4 Å². The van der Waals surface area contributed by atoms with Gasteiger partial charge in [0, 0.05) is 17.2 Å². The number of phenols is 3. The average molecular weight is 603 g/mol. The van der Waals surface area contributed by atoms with Crippen molar-refractivity contribution in [3.8, 4) is 34.5 Å². The monoisotopic (exact) mass is 602 g/mol. The van der Waals surface area contributed by atoms with Gasteiger partial charge in [0.15, 0.2) is 12.1 Å². The summed E-state index contributed by atoms with van der Waals surface area (Å²) in [5.41, 5.74) is 0.517. The number of benzene rings is 4. The Morgan fingerprint density at radius 1 is 0.750 bits per heavy atom. The van der Waals surface area contributed by atoms with Gasteiger partial charge in [-0.05, 0) is 56.2 Å². The molecule has 228 valence electrons. The molecule has 0 aliphatic rings. The van der Waals surface area contributed by atoms with Crippen molar-refractivity contribution >= 4 is 24.0 Å². The zero-order valence-electron chi connectivity index (χ0n) is 24.5. The van der Waals surface area contributed by atoms with Crippen LogP contribution in [0.3, 0.4) is 0 Å². The van der Waals surface area contributed by atoms with Gasteiger partial charge in [0.1, 0.15) is 45.6 Å². The van der Waals surface area contributed by atoms with E-state index in [4.69, 9.17) is 14.2 Å². The molecule has 0 saturated carbocycles. The Morgan fingerprint density at radius 3 is 1.93 bits per heavy atom. The molecule has 11 nitrogen and oxygen atoms in total. The third kappa shape index (κ3) is 6.79. The minimum atomic E-state index is -1.38. The Hall–Kier alpha value is -5.84. The van der Waals surface area contributed by atoms with Crippen molar-refractivity contribution in [2.45, 2.75) is 20.8 Å². The first-order valence-electron chi connectivity index (χ1n) is 13.0. The number of aromatic carboxylic acids is 1. The number of rotatable bonds is 8. The molecule has 4 N–H and O–H groups in total. The fraction of sp³-hybridized carbons (Fsp3) is 0.152. The van der Waals surface area contributed by atoms with E-state index in [0.717, 1.165) is 0 Å². The number of carbonyl (C=O) groups excluding carboxylic acids is 3. The van der Waals surface area contributed by atoms with Crippen LogP contribution in [0.15, 0.2) is 60.7 Å². The van der Waals surface area contributed by atoms with E-state index in [9.17, 15) is 39.6 Å². The van der Waals surface area contributed by atoms with Crippen molar-refractivity contribution in [2.75, 3.05) is 14.2 Å². The van der Waals surface area contributed by atoms with Crippen LogP contribution < -0.4 is 14.2 Å². The van der Waals surface area contributed by atoms with Crippen LogP contribution in [-0.4, -0.2) is 58.7 Å². The number of aryl methyl sites for hydroxylation is 2. The molecule has 0 atom stereocenters. The average Bonchev–Trinajstić information content (AvgIpc) is 2.99. The molecule has 0 aromatic heterocycles. The van der Waals surface area contributed by atoms with Crippen LogP contribution in [0.1, 0.15) is 63.7 Å². The molecule has 0 aliphatic carbocycles. The second-order valence-electron chi connectivity index (χ2n) is 9.46. The number of esters is 1. The largest absolute Gasteiger partial charge is 0.507 e. The molecule has 0 amide bonds. The molecular formula is C33H30O11. The van der Waals surface area contributed by atoms with E-state index in [1.807, 2.05) is 6.07 Å². The highest BCUT2D eigenvalue weighted by molar-refractivity contribution is 6.10. The van der Waals surface area contributed by atoms with Crippen molar-refractivity contribution in [3.63, 3.8) is 0 Å². The Morgan fingerprint density at radius 2 is 1.39 bits per heavy atom. The normalized spacial score (nSPS) is 10.2. The van der Waals surface area contributed by atoms with Crippen LogP contribution in [0.4, 0.5) is 0 Å². The summed E-state index contributed by atoms with van der Waals surface area (Å²) >= 11 is 0. The van der Waals surface area contributed by atoms with Crippen molar-refractivity contribution in [2.24, 2.45) is 0 Å². The number of phenolic OH excluding ortho intramolecular Hbond substituents is 2. The van der Waals surface area contributed by atoms with Gasteiger partial charge in [-0.25, -0.2) is 9.59 Å². The molecule has 44 heavy (non-hydrogen) atoms. The number of methoxy groups -OCH3 is 2. The lowest BCUT2D eigenvalue weighted by atomic mass is 10.0. The summed E-state index contributed by atoms with van der Waals surface area (Å²) in [4.78, 5) is 47.3. The smallest absolute Gasteiger partial charge is 0.347 e. The Kier molecular flexibility index (Phi) is 10.3. The predicted molar refractivity (Wildman–Crippen MR) is 159 cm³/mol. The van der Waals surface area contributed by atoms with Crippen LogP contribution >= 0.6 is 0 Å². The molecule has 0 aliphatic heterocycles. The Balaban J connectivity index is 0.000000266. The zero-order valence-corrected chi connectivity index (χ0v) is 24.5. The number of aldehydes is 1. The maximum atomic E-state index is 12.6. The Labute approximate surface area is 252 Å². The second-order valence-corrected chi connectivity index (χ2v) is 9.46. The van der Waals surface area contributed by atoms with Crippen LogP contribution in [0.5, 0.6) is 34.5 Å². The number of carbonyl (C=O) groups is 4. The van der Waals surface area contributed by atoms with Gasteiger partial charge < -0.3 is 34.6 Å². The summed E-state index contributed by atoms with van der Waals surface area (Å²) in [5, 5.41) is 39.2. The molecule has 0 fully saturated rings. The van der Waals surface area contributed by atoms with E-state index in [-0.39, 0.29) is 56.4 Å². The minimum absolute atomic E-state index is 0.0419. The highest BCUT2D eigenvalue weighted by Crippen LogP contribution is 2.36. The molecule has 11 heteroatoms. The summed E-state index contributed by atoms with van der Waals surface area (Å²) in [6, 6.07) is 16.2. The quantitative estimate of drug-likeness (QED) is 0.0879. The van der Waals surface area contributed by atoms with Gasteiger partial charge in [0.05, 0.1) is 25.3 Å². The van der Waals surface area contributed by atoms with E-state index in [1.165, 1.54) is 53.2 Å². The highest BCUT2D eigenvalue weighted by Gasteiger charge is 2.26. The lowest BCUT2D eigenvalue weighted by Crippen LogP contribution is -2.14. The lowest BCUT2D eigenvalue weighted by molar-refractivity contribution is 0.0681.